The van der Waals surface area contributed by atoms with Gasteiger partial charge in [-0.05, 0) is 31.2 Å². The molecule has 96 valence electrons. The number of amides is 1. The summed E-state index contributed by atoms with van der Waals surface area (Å²) < 4.78 is 5.67. The maximum absolute atomic E-state index is 11.8. The van der Waals surface area contributed by atoms with E-state index in [-0.39, 0.29) is 12.5 Å². The normalized spacial score (nSPS) is 14.2. The van der Waals surface area contributed by atoms with Crippen LogP contribution in [0.3, 0.4) is 0 Å². The Labute approximate surface area is 113 Å². The van der Waals surface area contributed by atoms with Crippen molar-refractivity contribution in [3.8, 4) is 0 Å². The van der Waals surface area contributed by atoms with Crippen molar-refractivity contribution < 1.29 is 14.3 Å². The fraction of sp³-hybridized carbons (Fsp3) is 0.250. The molecule has 0 radical (unpaired) electrons. The van der Waals surface area contributed by atoms with Crippen LogP contribution in [0.25, 0.3) is 0 Å². The number of furan rings is 1. The average Bonchev–Trinajstić information content (AvgIpc) is 2.96. The highest BCUT2D eigenvalue weighted by atomic mass is 35.5. The van der Waals surface area contributed by atoms with Crippen molar-refractivity contribution in [3.05, 3.63) is 45.5 Å². The smallest absolute Gasteiger partial charge is 0.261 e. The lowest BCUT2D eigenvalue weighted by molar-refractivity contribution is 0.0331. The van der Waals surface area contributed by atoms with E-state index in [1.165, 1.54) is 17.6 Å². The van der Waals surface area contributed by atoms with Crippen molar-refractivity contribution >= 4 is 28.8 Å². The molecule has 2 heterocycles. The number of aliphatic hydroxyl groups is 1. The Balaban J connectivity index is 1.98. The molecule has 18 heavy (non-hydrogen) atoms. The highest BCUT2D eigenvalue weighted by Gasteiger charge is 2.27. The van der Waals surface area contributed by atoms with Gasteiger partial charge in [0.05, 0.1) is 22.0 Å². The van der Waals surface area contributed by atoms with Crippen LogP contribution in [0.4, 0.5) is 0 Å². The predicted octanol–water partition coefficient (Wildman–Crippen LogP) is 2.63. The van der Waals surface area contributed by atoms with Crippen LogP contribution >= 0.6 is 22.9 Å². The molecule has 0 unspecified atom stereocenters. The Hall–Kier alpha value is -1.30. The van der Waals surface area contributed by atoms with Crippen molar-refractivity contribution in [1.29, 1.82) is 0 Å². The van der Waals surface area contributed by atoms with E-state index in [0.29, 0.717) is 15.0 Å². The minimum Gasteiger partial charge on any atom is -0.466 e. The first-order valence-corrected chi connectivity index (χ1v) is 6.48. The third kappa shape index (κ3) is 2.93. The number of carbonyl (C=O) groups excluding carboxylic acids is 1. The Morgan fingerprint density at radius 1 is 1.56 bits per heavy atom. The van der Waals surface area contributed by atoms with Gasteiger partial charge in [0.25, 0.3) is 5.91 Å². The first-order chi connectivity index (χ1) is 8.49. The van der Waals surface area contributed by atoms with Crippen molar-refractivity contribution in [2.75, 3.05) is 6.54 Å². The van der Waals surface area contributed by atoms with Gasteiger partial charge in [-0.1, -0.05) is 11.6 Å². The fourth-order valence-corrected chi connectivity index (χ4v) is 2.41. The van der Waals surface area contributed by atoms with Crippen LogP contribution in [0.15, 0.2) is 34.9 Å². The summed E-state index contributed by atoms with van der Waals surface area (Å²) in [6.07, 6.45) is 1.48. The van der Waals surface area contributed by atoms with Gasteiger partial charge in [0.1, 0.15) is 11.4 Å². The molecule has 6 heteroatoms. The molecule has 4 nitrogen and oxygen atoms in total. The number of thiophene rings is 1. The maximum atomic E-state index is 11.8. The number of carbonyl (C=O) groups is 1. The minimum absolute atomic E-state index is 0.0644. The molecule has 0 aliphatic rings. The summed E-state index contributed by atoms with van der Waals surface area (Å²) >= 11 is 6.94. The third-order valence-corrected chi connectivity index (χ3v) is 3.67. The molecule has 2 N–H and O–H groups in total. The second-order valence-electron chi connectivity index (χ2n) is 4.04. The lowest BCUT2D eigenvalue weighted by atomic mass is 10.0. The van der Waals surface area contributed by atoms with Crippen LogP contribution in [0, 0.1) is 0 Å². The molecular weight excluding hydrogens is 274 g/mol. The molecule has 0 aliphatic heterocycles. The molecule has 1 amide bonds. The third-order valence-electron chi connectivity index (χ3n) is 2.44. The Morgan fingerprint density at radius 2 is 2.33 bits per heavy atom. The van der Waals surface area contributed by atoms with Crippen molar-refractivity contribution in [2.24, 2.45) is 0 Å². The summed E-state index contributed by atoms with van der Waals surface area (Å²) in [6, 6.07) is 6.65. The van der Waals surface area contributed by atoms with Gasteiger partial charge >= 0.3 is 0 Å². The van der Waals surface area contributed by atoms with Gasteiger partial charge in [0, 0.05) is 0 Å². The van der Waals surface area contributed by atoms with Gasteiger partial charge in [0.2, 0.25) is 0 Å². The van der Waals surface area contributed by atoms with Gasteiger partial charge < -0.3 is 14.8 Å². The molecule has 2 rings (SSSR count). The molecule has 2 aromatic heterocycles. The lowest BCUT2D eigenvalue weighted by Gasteiger charge is -2.20. The van der Waals surface area contributed by atoms with E-state index in [9.17, 15) is 9.90 Å². The molecule has 2 aromatic rings. The highest BCUT2D eigenvalue weighted by Crippen LogP contribution is 2.22. The highest BCUT2D eigenvalue weighted by molar-refractivity contribution is 7.17. The van der Waals surface area contributed by atoms with E-state index in [4.69, 9.17) is 16.0 Å². The zero-order chi connectivity index (χ0) is 13.2. The average molecular weight is 286 g/mol. The Kier molecular flexibility index (Phi) is 3.75. The lowest BCUT2D eigenvalue weighted by Crippen LogP contribution is -2.38. The Morgan fingerprint density at radius 3 is 2.89 bits per heavy atom. The number of halogens is 1. The van der Waals surface area contributed by atoms with Crippen LogP contribution in [0.1, 0.15) is 22.4 Å². The zero-order valence-electron chi connectivity index (χ0n) is 9.64. The largest absolute Gasteiger partial charge is 0.466 e. The zero-order valence-corrected chi connectivity index (χ0v) is 11.2. The number of nitrogens with one attached hydrogen (secondary N) is 1. The summed E-state index contributed by atoms with van der Waals surface area (Å²) in [7, 11) is 0. The van der Waals surface area contributed by atoms with Gasteiger partial charge in [-0.3, -0.25) is 4.79 Å². The van der Waals surface area contributed by atoms with E-state index in [0.717, 1.165) is 0 Å². The van der Waals surface area contributed by atoms with Crippen LogP contribution < -0.4 is 5.32 Å². The van der Waals surface area contributed by atoms with E-state index in [2.05, 4.69) is 5.32 Å². The molecular formula is C12H12ClNO3S. The fourth-order valence-electron chi connectivity index (χ4n) is 1.45. The molecule has 0 aliphatic carbocycles. The standard InChI is InChI=1S/C12H12ClNO3S/c1-12(16,9-3-2-6-17-9)7-14-11(15)8-4-5-10(13)18-8/h2-6,16H,7H2,1H3,(H,14,15)/t12-/m0/s1. The van der Waals surface area contributed by atoms with Crippen LogP contribution in [0.5, 0.6) is 0 Å². The summed E-state index contributed by atoms with van der Waals surface area (Å²) in [4.78, 5) is 12.3. The molecule has 1 atom stereocenters. The summed E-state index contributed by atoms with van der Waals surface area (Å²) in [5, 5.41) is 12.8. The second kappa shape index (κ2) is 5.14. The summed E-state index contributed by atoms with van der Waals surface area (Å²) in [5.41, 5.74) is -1.24. The SMILES string of the molecule is C[C@](O)(CNC(=O)c1ccc(Cl)s1)c1ccco1. The van der Waals surface area contributed by atoms with E-state index < -0.39 is 5.60 Å². The van der Waals surface area contributed by atoms with Crippen LogP contribution in [0.2, 0.25) is 4.34 Å². The first kappa shape index (κ1) is 13.1. The summed E-state index contributed by atoms with van der Waals surface area (Å²) in [6.45, 7) is 1.64. The summed E-state index contributed by atoms with van der Waals surface area (Å²) in [5.74, 6) is 0.144. The minimum atomic E-state index is -1.24. The number of hydrogen-bond acceptors (Lipinski definition) is 4. The molecule has 0 bridgehead atoms. The van der Waals surface area contributed by atoms with Gasteiger partial charge in [-0.15, -0.1) is 11.3 Å². The van der Waals surface area contributed by atoms with E-state index >= 15 is 0 Å². The number of rotatable bonds is 4. The monoisotopic (exact) mass is 285 g/mol. The van der Waals surface area contributed by atoms with Gasteiger partial charge in [-0.25, -0.2) is 0 Å². The van der Waals surface area contributed by atoms with Crippen LogP contribution in [-0.4, -0.2) is 17.6 Å². The topological polar surface area (TPSA) is 62.5 Å². The Bertz CT molecular complexity index is 533. The van der Waals surface area contributed by atoms with Crippen molar-refractivity contribution in [1.82, 2.24) is 5.32 Å². The molecule has 0 saturated heterocycles. The second-order valence-corrected chi connectivity index (χ2v) is 5.75. The number of hydrogen-bond donors (Lipinski definition) is 2. The van der Waals surface area contributed by atoms with Crippen LogP contribution in [-0.2, 0) is 5.60 Å². The van der Waals surface area contributed by atoms with Gasteiger partial charge in [-0.2, -0.15) is 0 Å². The molecule has 0 aromatic carbocycles. The molecule has 0 saturated carbocycles. The predicted molar refractivity (Wildman–Crippen MR) is 69.9 cm³/mol. The van der Waals surface area contributed by atoms with Gasteiger partial charge in [0.15, 0.2) is 0 Å². The van der Waals surface area contributed by atoms with E-state index in [1.807, 2.05) is 0 Å². The first-order valence-electron chi connectivity index (χ1n) is 5.29. The van der Waals surface area contributed by atoms with Crippen molar-refractivity contribution in [3.63, 3.8) is 0 Å². The quantitative estimate of drug-likeness (QED) is 0.908. The van der Waals surface area contributed by atoms with Crippen molar-refractivity contribution in [2.45, 2.75) is 12.5 Å². The molecule has 0 spiro atoms. The maximum Gasteiger partial charge on any atom is 0.261 e. The molecule has 0 fully saturated rings. The van der Waals surface area contributed by atoms with E-state index in [1.54, 1.807) is 31.2 Å².